The maximum Gasteiger partial charge on any atom is 0.337 e. The lowest BCUT2D eigenvalue weighted by Crippen LogP contribution is -2.21. The van der Waals surface area contributed by atoms with Crippen molar-refractivity contribution in [2.24, 2.45) is 0 Å². The van der Waals surface area contributed by atoms with Crippen LogP contribution >= 0.6 is 0 Å². The standard InChI is InChI=1S/C18H15NO5/c1-23-11-7-8-16(24-2)15(9-11)19-10-14(18(21)22)12-5-3-4-6-13(12)17(19)20/h3-10H,1-2H3,(H,21,22). The average molecular weight is 325 g/mol. The van der Waals surface area contributed by atoms with Gasteiger partial charge < -0.3 is 14.6 Å². The summed E-state index contributed by atoms with van der Waals surface area (Å²) in [7, 11) is 2.99. The molecule has 0 atom stereocenters. The molecule has 3 rings (SSSR count). The van der Waals surface area contributed by atoms with Crippen LogP contribution in [0.3, 0.4) is 0 Å². The summed E-state index contributed by atoms with van der Waals surface area (Å²) in [4.78, 5) is 24.5. The molecule has 6 heteroatoms. The largest absolute Gasteiger partial charge is 0.497 e. The SMILES string of the molecule is COc1ccc(OC)c(-n2cc(C(=O)O)c3ccccc3c2=O)c1. The van der Waals surface area contributed by atoms with Crippen molar-refractivity contribution in [2.75, 3.05) is 14.2 Å². The molecule has 3 aromatic rings. The molecular formula is C18H15NO5. The van der Waals surface area contributed by atoms with Gasteiger partial charge in [-0.15, -0.1) is 0 Å². The summed E-state index contributed by atoms with van der Waals surface area (Å²) in [5.74, 6) is -0.144. The Morgan fingerprint density at radius 2 is 1.75 bits per heavy atom. The van der Waals surface area contributed by atoms with Crippen LogP contribution in [0.2, 0.25) is 0 Å². The van der Waals surface area contributed by atoms with E-state index in [1.165, 1.54) is 25.0 Å². The van der Waals surface area contributed by atoms with E-state index < -0.39 is 5.97 Å². The van der Waals surface area contributed by atoms with Gasteiger partial charge in [-0.25, -0.2) is 4.79 Å². The topological polar surface area (TPSA) is 77.8 Å². The first-order valence-electron chi connectivity index (χ1n) is 7.17. The number of hydrogen-bond acceptors (Lipinski definition) is 4. The third-order valence-electron chi connectivity index (χ3n) is 3.80. The van der Waals surface area contributed by atoms with Gasteiger partial charge in [0.2, 0.25) is 0 Å². The minimum atomic E-state index is -1.11. The van der Waals surface area contributed by atoms with E-state index in [0.717, 1.165) is 0 Å². The summed E-state index contributed by atoms with van der Waals surface area (Å²) in [6, 6.07) is 11.6. The molecule has 6 nitrogen and oxygen atoms in total. The number of carboxylic acids is 1. The summed E-state index contributed by atoms with van der Waals surface area (Å²) < 4.78 is 11.8. The average Bonchev–Trinajstić information content (AvgIpc) is 2.61. The molecule has 0 saturated carbocycles. The van der Waals surface area contributed by atoms with Gasteiger partial charge in [-0.05, 0) is 18.2 Å². The smallest absolute Gasteiger partial charge is 0.337 e. The number of hydrogen-bond donors (Lipinski definition) is 1. The molecule has 1 aromatic heterocycles. The van der Waals surface area contributed by atoms with Crippen LogP contribution in [0.4, 0.5) is 0 Å². The first kappa shape index (κ1) is 15.6. The minimum absolute atomic E-state index is 0.0371. The zero-order valence-electron chi connectivity index (χ0n) is 13.1. The van der Waals surface area contributed by atoms with Crippen molar-refractivity contribution in [2.45, 2.75) is 0 Å². The number of rotatable bonds is 4. The Morgan fingerprint density at radius 1 is 1.04 bits per heavy atom. The number of aromatic nitrogens is 1. The Kier molecular flexibility index (Phi) is 3.95. The number of carbonyl (C=O) groups is 1. The van der Waals surface area contributed by atoms with Gasteiger partial charge in [0.1, 0.15) is 11.5 Å². The second-order valence-corrected chi connectivity index (χ2v) is 5.11. The van der Waals surface area contributed by atoms with Gasteiger partial charge in [0.25, 0.3) is 5.56 Å². The summed E-state index contributed by atoms with van der Waals surface area (Å²) in [5.41, 5.74) is 0.118. The second kappa shape index (κ2) is 6.08. The van der Waals surface area contributed by atoms with Gasteiger partial charge in [0.05, 0.1) is 25.5 Å². The van der Waals surface area contributed by atoms with Crippen molar-refractivity contribution in [1.29, 1.82) is 0 Å². The highest BCUT2D eigenvalue weighted by atomic mass is 16.5. The molecule has 0 aliphatic rings. The van der Waals surface area contributed by atoms with E-state index in [9.17, 15) is 14.7 Å². The van der Waals surface area contributed by atoms with E-state index in [0.29, 0.717) is 28.0 Å². The number of benzene rings is 2. The maximum absolute atomic E-state index is 12.8. The molecule has 0 bridgehead atoms. The first-order chi connectivity index (χ1) is 11.6. The van der Waals surface area contributed by atoms with Crippen molar-refractivity contribution in [3.8, 4) is 17.2 Å². The van der Waals surface area contributed by atoms with E-state index in [2.05, 4.69) is 0 Å². The Morgan fingerprint density at radius 3 is 2.38 bits per heavy atom. The third kappa shape index (κ3) is 2.48. The van der Waals surface area contributed by atoms with Crippen LogP contribution in [0.1, 0.15) is 10.4 Å². The molecule has 122 valence electrons. The Bertz CT molecular complexity index is 990. The highest BCUT2D eigenvalue weighted by Crippen LogP contribution is 2.28. The normalized spacial score (nSPS) is 10.6. The first-order valence-corrected chi connectivity index (χ1v) is 7.17. The Hall–Kier alpha value is -3.28. The van der Waals surface area contributed by atoms with Gasteiger partial charge in [-0.3, -0.25) is 9.36 Å². The third-order valence-corrected chi connectivity index (χ3v) is 3.80. The van der Waals surface area contributed by atoms with Gasteiger partial charge in [0.15, 0.2) is 0 Å². The number of carboxylic acid groups (broad SMARTS) is 1. The van der Waals surface area contributed by atoms with Crippen LogP contribution in [0, 0.1) is 0 Å². The van der Waals surface area contributed by atoms with Crippen molar-refractivity contribution >= 4 is 16.7 Å². The highest BCUT2D eigenvalue weighted by Gasteiger charge is 2.17. The van der Waals surface area contributed by atoms with Gasteiger partial charge in [-0.1, -0.05) is 18.2 Å². The van der Waals surface area contributed by atoms with Crippen LogP contribution in [0.25, 0.3) is 16.5 Å². The molecule has 0 amide bonds. The molecule has 0 radical (unpaired) electrons. The minimum Gasteiger partial charge on any atom is -0.497 e. The zero-order chi connectivity index (χ0) is 17.3. The lowest BCUT2D eigenvalue weighted by Gasteiger charge is -2.14. The van der Waals surface area contributed by atoms with Gasteiger partial charge in [-0.2, -0.15) is 0 Å². The van der Waals surface area contributed by atoms with E-state index in [4.69, 9.17) is 9.47 Å². The molecule has 1 heterocycles. The molecule has 24 heavy (non-hydrogen) atoms. The van der Waals surface area contributed by atoms with Crippen LogP contribution in [0.15, 0.2) is 53.5 Å². The van der Waals surface area contributed by atoms with E-state index in [1.54, 1.807) is 42.5 Å². The molecule has 2 aromatic carbocycles. The number of aromatic carboxylic acids is 1. The molecule has 0 unspecified atom stereocenters. The molecule has 0 fully saturated rings. The summed E-state index contributed by atoms with van der Waals surface area (Å²) >= 11 is 0. The van der Waals surface area contributed by atoms with Crippen LogP contribution < -0.4 is 15.0 Å². The zero-order valence-corrected chi connectivity index (χ0v) is 13.1. The van der Waals surface area contributed by atoms with Crippen molar-refractivity contribution in [1.82, 2.24) is 4.57 Å². The van der Waals surface area contributed by atoms with Crippen molar-refractivity contribution < 1.29 is 19.4 Å². The predicted octanol–water partition coefficient (Wildman–Crippen LogP) is 2.71. The van der Waals surface area contributed by atoms with Crippen LogP contribution in [0.5, 0.6) is 11.5 Å². The van der Waals surface area contributed by atoms with Crippen molar-refractivity contribution in [3.63, 3.8) is 0 Å². The summed E-state index contributed by atoms with van der Waals surface area (Å²) in [6.07, 6.45) is 1.31. The molecule has 1 N–H and O–H groups in total. The predicted molar refractivity (Wildman–Crippen MR) is 89.6 cm³/mol. The Balaban J connectivity index is 2.41. The second-order valence-electron chi connectivity index (χ2n) is 5.11. The monoisotopic (exact) mass is 325 g/mol. The fourth-order valence-electron chi connectivity index (χ4n) is 2.63. The number of nitrogens with zero attached hydrogens (tertiary/aromatic N) is 1. The van der Waals surface area contributed by atoms with E-state index in [1.807, 2.05) is 0 Å². The molecule has 0 aliphatic carbocycles. The summed E-state index contributed by atoms with van der Waals surface area (Å²) in [5, 5.41) is 10.2. The van der Waals surface area contributed by atoms with E-state index >= 15 is 0 Å². The number of methoxy groups -OCH3 is 2. The quantitative estimate of drug-likeness (QED) is 0.798. The molecule has 0 spiro atoms. The van der Waals surface area contributed by atoms with Crippen LogP contribution in [-0.4, -0.2) is 29.9 Å². The molecule has 0 saturated heterocycles. The lowest BCUT2D eigenvalue weighted by atomic mass is 10.1. The van der Waals surface area contributed by atoms with Crippen LogP contribution in [-0.2, 0) is 0 Å². The summed E-state index contributed by atoms with van der Waals surface area (Å²) in [6.45, 7) is 0. The van der Waals surface area contributed by atoms with Crippen molar-refractivity contribution in [3.05, 3.63) is 64.6 Å². The fraction of sp³-hybridized carbons (Fsp3) is 0.111. The Labute approximate surface area is 137 Å². The fourth-order valence-corrected chi connectivity index (χ4v) is 2.63. The maximum atomic E-state index is 12.8. The molecular weight excluding hydrogens is 310 g/mol. The highest BCUT2D eigenvalue weighted by molar-refractivity contribution is 6.03. The van der Waals surface area contributed by atoms with Gasteiger partial charge >= 0.3 is 5.97 Å². The molecule has 0 aliphatic heterocycles. The lowest BCUT2D eigenvalue weighted by molar-refractivity contribution is 0.0698. The van der Waals surface area contributed by atoms with Gasteiger partial charge in [0, 0.05) is 23.0 Å². The number of fused-ring (bicyclic) bond motifs is 1. The number of pyridine rings is 1. The van der Waals surface area contributed by atoms with E-state index in [-0.39, 0.29) is 11.1 Å². The number of ether oxygens (including phenoxy) is 2.